The molecule has 1 fully saturated rings. The molecule has 27 heavy (non-hydrogen) atoms. The van der Waals surface area contributed by atoms with Crippen LogP contribution in [0.2, 0.25) is 10.0 Å². The fourth-order valence-electron chi connectivity index (χ4n) is 3.16. The third-order valence-corrected chi connectivity index (χ3v) is 5.29. The summed E-state index contributed by atoms with van der Waals surface area (Å²) in [6.45, 7) is 3.02. The van der Waals surface area contributed by atoms with Crippen molar-refractivity contribution in [2.24, 2.45) is 5.92 Å². The molecule has 1 unspecified atom stereocenters. The minimum Gasteiger partial charge on any atom is -0.342 e. The number of benzene rings is 1. The van der Waals surface area contributed by atoms with Crippen molar-refractivity contribution in [2.75, 3.05) is 32.0 Å². The number of piperidine rings is 1. The summed E-state index contributed by atoms with van der Waals surface area (Å²) in [5, 5.41) is 3.45. The zero-order chi connectivity index (χ0) is 20.0. The lowest BCUT2D eigenvalue weighted by molar-refractivity contribution is -0.141. The number of hydrogen-bond acceptors (Lipinski definition) is 3. The molecule has 0 saturated carbocycles. The van der Waals surface area contributed by atoms with Gasteiger partial charge in [-0.2, -0.15) is 0 Å². The van der Waals surface area contributed by atoms with Crippen molar-refractivity contribution in [1.82, 2.24) is 9.80 Å². The van der Waals surface area contributed by atoms with Crippen molar-refractivity contribution in [3.05, 3.63) is 28.2 Å². The smallest absolute Gasteiger partial charge is 0.243 e. The number of carbonyl (C=O) groups is 3. The lowest BCUT2D eigenvalue weighted by atomic mass is 9.96. The van der Waals surface area contributed by atoms with Crippen LogP contribution < -0.4 is 5.32 Å². The van der Waals surface area contributed by atoms with E-state index in [0.29, 0.717) is 35.2 Å². The molecule has 1 heterocycles. The molecule has 0 spiro atoms. The van der Waals surface area contributed by atoms with E-state index in [9.17, 15) is 14.4 Å². The lowest BCUT2D eigenvalue weighted by Gasteiger charge is -2.34. The number of rotatable bonds is 6. The second-order valence-electron chi connectivity index (χ2n) is 6.80. The maximum absolute atomic E-state index is 12.7. The molecule has 1 atom stereocenters. The number of nitrogens with zero attached hydrogens (tertiary/aromatic N) is 2. The molecule has 2 rings (SSSR count). The Bertz CT molecular complexity index is 711. The Kier molecular flexibility index (Phi) is 7.92. The van der Waals surface area contributed by atoms with E-state index < -0.39 is 0 Å². The molecular weight excluding hydrogens is 389 g/mol. The number of halogens is 2. The third kappa shape index (κ3) is 6.11. The first-order valence-electron chi connectivity index (χ1n) is 9.09. The highest BCUT2D eigenvalue weighted by atomic mass is 35.5. The van der Waals surface area contributed by atoms with Crippen LogP contribution in [0.4, 0.5) is 5.69 Å². The summed E-state index contributed by atoms with van der Waals surface area (Å²) in [7, 11) is 1.60. The van der Waals surface area contributed by atoms with Gasteiger partial charge in [0, 0.05) is 32.2 Å². The third-order valence-electron chi connectivity index (χ3n) is 4.55. The highest BCUT2D eigenvalue weighted by Gasteiger charge is 2.30. The predicted octanol–water partition coefficient (Wildman–Crippen LogP) is 3.43. The standard InChI is InChI=1S/C19H25Cl2N3O3/c1-3-5-18(26)24-9-4-6-13(11-24)19(27)23(2)12-17(25)22-14-7-8-15(20)16(21)10-14/h7-8,10,13H,3-6,9,11-12H2,1-2H3,(H,22,25). The van der Waals surface area contributed by atoms with E-state index in [0.717, 1.165) is 19.3 Å². The lowest BCUT2D eigenvalue weighted by Crippen LogP contribution is -2.47. The molecule has 1 aromatic carbocycles. The highest BCUT2D eigenvalue weighted by molar-refractivity contribution is 6.42. The van der Waals surface area contributed by atoms with Gasteiger partial charge in [-0.3, -0.25) is 14.4 Å². The Morgan fingerprint density at radius 1 is 1.26 bits per heavy atom. The number of nitrogens with one attached hydrogen (secondary N) is 1. The van der Waals surface area contributed by atoms with Crippen LogP contribution in [0.1, 0.15) is 32.6 Å². The topological polar surface area (TPSA) is 69.7 Å². The minimum atomic E-state index is -0.320. The molecule has 1 N–H and O–H groups in total. The average Bonchev–Trinajstić information content (AvgIpc) is 2.64. The first kappa shape index (κ1) is 21.5. The summed E-state index contributed by atoms with van der Waals surface area (Å²) >= 11 is 11.8. The number of hydrogen-bond donors (Lipinski definition) is 1. The van der Waals surface area contributed by atoms with E-state index in [2.05, 4.69) is 5.32 Å². The van der Waals surface area contributed by atoms with Gasteiger partial charge in [0.15, 0.2) is 0 Å². The second-order valence-corrected chi connectivity index (χ2v) is 7.61. The van der Waals surface area contributed by atoms with Crippen LogP contribution in [-0.2, 0) is 14.4 Å². The molecule has 0 aliphatic carbocycles. The van der Waals surface area contributed by atoms with Gasteiger partial charge in [-0.25, -0.2) is 0 Å². The van der Waals surface area contributed by atoms with Gasteiger partial charge in [-0.1, -0.05) is 30.1 Å². The zero-order valence-corrected chi connectivity index (χ0v) is 17.1. The summed E-state index contributed by atoms with van der Waals surface area (Å²) in [6.07, 6.45) is 2.83. The van der Waals surface area contributed by atoms with E-state index >= 15 is 0 Å². The van der Waals surface area contributed by atoms with Gasteiger partial charge in [-0.05, 0) is 37.5 Å². The fourth-order valence-corrected chi connectivity index (χ4v) is 3.45. The normalized spacial score (nSPS) is 16.7. The maximum Gasteiger partial charge on any atom is 0.243 e. The first-order valence-corrected chi connectivity index (χ1v) is 9.85. The Hall–Kier alpha value is -1.79. The van der Waals surface area contributed by atoms with Gasteiger partial charge >= 0.3 is 0 Å². The van der Waals surface area contributed by atoms with Crippen molar-refractivity contribution in [3.63, 3.8) is 0 Å². The van der Waals surface area contributed by atoms with E-state index in [1.54, 1.807) is 30.1 Å². The summed E-state index contributed by atoms with van der Waals surface area (Å²) in [5.41, 5.74) is 0.518. The molecule has 148 valence electrons. The first-order chi connectivity index (χ1) is 12.8. The van der Waals surface area contributed by atoms with Crippen LogP contribution in [0, 0.1) is 5.92 Å². The number of likely N-dealkylation sites (N-methyl/N-ethyl adjacent to an activating group) is 1. The molecular formula is C19H25Cl2N3O3. The minimum absolute atomic E-state index is 0.0709. The zero-order valence-electron chi connectivity index (χ0n) is 15.6. The number of carbonyl (C=O) groups excluding carboxylic acids is 3. The Balaban J connectivity index is 1.89. The number of amides is 3. The molecule has 6 nitrogen and oxygen atoms in total. The van der Waals surface area contributed by atoms with Crippen molar-refractivity contribution < 1.29 is 14.4 Å². The van der Waals surface area contributed by atoms with E-state index in [4.69, 9.17) is 23.2 Å². The summed E-state index contributed by atoms with van der Waals surface area (Å²) in [5.74, 6) is -0.607. The summed E-state index contributed by atoms with van der Waals surface area (Å²) in [6, 6.07) is 4.80. The monoisotopic (exact) mass is 413 g/mol. The van der Waals surface area contributed by atoms with Crippen molar-refractivity contribution in [2.45, 2.75) is 32.6 Å². The summed E-state index contributed by atoms with van der Waals surface area (Å²) < 4.78 is 0. The molecule has 0 radical (unpaired) electrons. The van der Waals surface area contributed by atoms with Crippen LogP contribution >= 0.6 is 23.2 Å². The van der Waals surface area contributed by atoms with Gasteiger partial charge < -0.3 is 15.1 Å². The maximum atomic E-state index is 12.7. The Labute approximate surface area is 169 Å². The Morgan fingerprint density at radius 3 is 2.67 bits per heavy atom. The molecule has 0 bridgehead atoms. The molecule has 1 aromatic rings. The highest BCUT2D eigenvalue weighted by Crippen LogP contribution is 2.25. The van der Waals surface area contributed by atoms with E-state index in [1.165, 1.54) is 4.90 Å². The molecule has 1 saturated heterocycles. The van der Waals surface area contributed by atoms with Crippen LogP contribution in [0.15, 0.2) is 18.2 Å². The van der Waals surface area contributed by atoms with Crippen LogP contribution in [0.3, 0.4) is 0 Å². The largest absolute Gasteiger partial charge is 0.342 e. The van der Waals surface area contributed by atoms with Crippen LogP contribution in [-0.4, -0.2) is 54.2 Å². The second kappa shape index (κ2) is 9.95. The molecule has 0 aromatic heterocycles. The molecule has 1 aliphatic heterocycles. The SMILES string of the molecule is CCCC(=O)N1CCCC(C(=O)N(C)CC(=O)Nc2ccc(Cl)c(Cl)c2)C1. The van der Waals surface area contributed by atoms with Crippen LogP contribution in [0.5, 0.6) is 0 Å². The van der Waals surface area contributed by atoms with E-state index in [-0.39, 0.29) is 30.2 Å². The molecule has 1 aliphatic rings. The van der Waals surface area contributed by atoms with Gasteiger partial charge in [0.05, 0.1) is 22.5 Å². The predicted molar refractivity (Wildman–Crippen MR) is 107 cm³/mol. The van der Waals surface area contributed by atoms with Gasteiger partial charge in [0.25, 0.3) is 0 Å². The van der Waals surface area contributed by atoms with Crippen molar-refractivity contribution in [1.29, 1.82) is 0 Å². The van der Waals surface area contributed by atoms with Gasteiger partial charge in [-0.15, -0.1) is 0 Å². The number of likely N-dealkylation sites (tertiary alicyclic amines) is 1. The van der Waals surface area contributed by atoms with E-state index in [1.807, 2.05) is 6.92 Å². The number of anilines is 1. The van der Waals surface area contributed by atoms with Gasteiger partial charge in [0.2, 0.25) is 17.7 Å². The molecule has 8 heteroatoms. The van der Waals surface area contributed by atoms with Gasteiger partial charge in [0.1, 0.15) is 0 Å². The fraction of sp³-hybridized carbons (Fsp3) is 0.526. The van der Waals surface area contributed by atoms with Crippen molar-refractivity contribution >= 4 is 46.6 Å². The molecule has 3 amide bonds. The average molecular weight is 414 g/mol. The Morgan fingerprint density at radius 2 is 2.00 bits per heavy atom. The summed E-state index contributed by atoms with van der Waals surface area (Å²) in [4.78, 5) is 40.2. The quantitative estimate of drug-likeness (QED) is 0.776. The van der Waals surface area contributed by atoms with Crippen molar-refractivity contribution in [3.8, 4) is 0 Å². The van der Waals surface area contributed by atoms with Crippen LogP contribution in [0.25, 0.3) is 0 Å².